The highest BCUT2D eigenvalue weighted by atomic mass is 35.5. The van der Waals surface area contributed by atoms with E-state index in [1.807, 2.05) is 47.0 Å². The first kappa shape index (κ1) is 19.2. The van der Waals surface area contributed by atoms with Gasteiger partial charge in [-0.2, -0.15) is 0 Å². The molecule has 0 radical (unpaired) electrons. The second-order valence-corrected chi connectivity index (χ2v) is 7.34. The van der Waals surface area contributed by atoms with Gasteiger partial charge >= 0.3 is 0 Å². The van der Waals surface area contributed by atoms with Crippen molar-refractivity contribution < 1.29 is 4.39 Å². The Bertz CT molecular complexity index is 1380. The number of aromatic nitrogens is 4. The van der Waals surface area contributed by atoms with E-state index in [-0.39, 0.29) is 5.82 Å². The zero-order chi connectivity index (χ0) is 21.4. The molecule has 5 aromatic rings. The molecule has 0 amide bonds. The standard InChI is InChI=1S/C24H17ClFN5/c25-13-15-3-9-18(10-4-15)31-22(19-2-1-11-28-23(19)27)12-20-24(31)30-21(14-29-20)16-5-7-17(26)8-6-16/h1-12,14H,13H2,(H2,27,28). The minimum absolute atomic E-state index is 0.296. The smallest absolute Gasteiger partial charge is 0.164 e. The highest BCUT2D eigenvalue weighted by molar-refractivity contribution is 6.17. The Morgan fingerprint density at radius 3 is 2.45 bits per heavy atom. The summed E-state index contributed by atoms with van der Waals surface area (Å²) in [5.74, 6) is 0.557. The minimum atomic E-state index is -0.296. The van der Waals surface area contributed by atoms with Crippen molar-refractivity contribution in [3.63, 3.8) is 0 Å². The van der Waals surface area contributed by atoms with Crippen molar-refractivity contribution in [1.82, 2.24) is 19.5 Å². The van der Waals surface area contributed by atoms with E-state index in [0.717, 1.165) is 28.1 Å². The SMILES string of the molecule is Nc1ncccc1-c1cc2ncc(-c3ccc(F)cc3)nc2n1-c1ccc(CCl)cc1. The Hall–Kier alpha value is -3.77. The molecule has 3 heterocycles. The average Bonchev–Trinajstić information content (AvgIpc) is 3.18. The summed E-state index contributed by atoms with van der Waals surface area (Å²) in [4.78, 5) is 13.7. The first-order valence-electron chi connectivity index (χ1n) is 9.64. The van der Waals surface area contributed by atoms with Crippen molar-refractivity contribution >= 4 is 28.6 Å². The molecule has 3 aromatic heterocycles. The fourth-order valence-corrected chi connectivity index (χ4v) is 3.73. The van der Waals surface area contributed by atoms with Gasteiger partial charge in [0.15, 0.2) is 5.65 Å². The van der Waals surface area contributed by atoms with Crippen LogP contribution < -0.4 is 5.73 Å². The summed E-state index contributed by atoms with van der Waals surface area (Å²) in [6, 6.07) is 19.8. The first-order chi connectivity index (χ1) is 15.1. The van der Waals surface area contributed by atoms with Crippen LogP contribution in [-0.2, 0) is 5.88 Å². The molecule has 31 heavy (non-hydrogen) atoms. The molecule has 0 saturated heterocycles. The summed E-state index contributed by atoms with van der Waals surface area (Å²) in [5, 5.41) is 0. The molecule has 152 valence electrons. The lowest BCUT2D eigenvalue weighted by Gasteiger charge is -2.12. The van der Waals surface area contributed by atoms with Crippen LogP contribution in [0.1, 0.15) is 5.56 Å². The Morgan fingerprint density at radius 2 is 1.74 bits per heavy atom. The van der Waals surface area contributed by atoms with Crippen LogP contribution in [0, 0.1) is 5.82 Å². The van der Waals surface area contributed by atoms with Gasteiger partial charge < -0.3 is 5.73 Å². The van der Waals surface area contributed by atoms with E-state index in [4.69, 9.17) is 22.3 Å². The Labute approximate surface area is 183 Å². The number of alkyl halides is 1. The normalized spacial score (nSPS) is 11.2. The molecule has 0 spiro atoms. The fourth-order valence-electron chi connectivity index (χ4n) is 3.55. The molecule has 7 heteroatoms. The van der Waals surface area contributed by atoms with Gasteiger partial charge in [-0.1, -0.05) is 12.1 Å². The summed E-state index contributed by atoms with van der Waals surface area (Å²) < 4.78 is 15.4. The van der Waals surface area contributed by atoms with Crippen LogP contribution in [0.5, 0.6) is 0 Å². The number of nitrogens with zero attached hydrogens (tertiary/aromatic N) is 4. The number of pyridine rings is 1. The fraction of sp³-hybridized carbons (Fsp3) is 0.0417. The number of anilines is 1. The molecular formula is C24H17ClFN5. The van der Waals surface area contributed by atoms with Crippen molar-refractivity contribution in [3.8, 4) is 28.2 Å². The molecule has 0 fully saturated rings. The Balaban J connectivity index is 1.77. The van der Waals surface area contributed by atoms with Gasteiger partial charge in [-0.15, -0.1) is 11.6 Å². The monoisotopic (exact) mass is 429 g/mol. The summed E-state index contributed by atoms with van der Waals surface area (Å²) in [6.45, 7) is 0. The highest BCUT2D eigenvalue weighted by Crippen LogP contribution is 2.33. The van der Waals surface area contributed by atoms with Gasteiger partial charge in [-0.3, -0.25) is 9.55 Å². The van der Waals surface area contributed by atoms with E-state index in [1.54, 1.807) is 24.5 Å². The number of hydrogen-bond donors (Lipinski definition) is 1. The number of fused-ring (bicyclic) bond motifs is 1. The molecule has 0 aliphatic heterocycles. The van der Waals surface area contributed by atoms with Crippen LogP contribution in [0.25, 0.3) is 39.4 Å². The number of nitrogen functional groups attached to an aromatic ring is 1. The molecular weight excluding hydrogens is 413 g/mol. The number of rotatable bonds is 4. The van der Waals surface area contributed by atoms with Crippen molar-refractivity contribution in [3.05, 3.63) is 90.5 Å². The van der Waals surface area contributed by atoms with E-state index in [1.165, 1.54) is 12.1 Å². The Morgan fingerprint density at radius 1 is 0.968 bits per heavy atom. The van der Waals surface area contributed by atoms with E-state index in [2.05, 4.69) is 9.97 Å². The molecule has 0 bridgehead atoms. The van der Waals surface area contributed by atoms with Crippen LogP contribution in [0.4, 0.5) is 10.2 Å². The third-order valence-electron chi connectivity index (χ3n) is 5.11. The predicted molar refractivity (Wildman–Crippen MR) is 121 cm³/mol. The summed E-state index contributed by atoms with van der Waals surface area (Å²) >= 11 is 5.97. The van der Waals surface area contributed by atoms with Gasteiger partial charge in [0.25, 0.3) is 0 Å². The van der Waals surface area contributed by atoms with Crippen LogP contribution in [0.2, 0.25) is 0 Å². The first-order valence-corrected chi connectivity index (χ1v) is 10.2. The molecule has 0 saturated carbocycles. The Kier molecular flexibility index (Phi) is 4.84. The summed E-state index contributed by atoms with van der Waals surface area (Å²) in [6.07, 6.45) is 3.34. The van der Waals surface area contributed by atoms with E-state index in [9.17, 15) is 4.39 Å². The lowest BCUT2D eigenvalue weighted by Crippen LogP contribution is -2.02. The van der Waals surface area contributed by atoms with Gasteiger partial charge in [0.1, 0.15) is 17.2 Å². The third kappa shape index (κ3) is 3.51. The number of benzene rings is 2. The zero-order valence-electron chi connectivity index (χ0n) is 16.3. The minimum Gasteiger partial charge on any atom is -0.383 e. The van der Waals surface area contributed by atoms with E-state index in [0.29, 0.717) is 28.6 Å². The maximum atomic E-state index is 13.4. The number of hydrogen-bond acceptors (Lipinski definition) is 4. The van der Waals surface area contributed by atoms with Crippen LogP contribution in [-0.4, -0.2) is 19.5 Å². The zero-order valence-corrected chi connectivity index (χ0v) is 17.1. The van der Waals surface area contributed by atoms with Crippen LogP contribution in [0.15, 0.2) is 79.1 Å². The molecule has 2 N–H and O–H groups in total. The molecule has 0 atom stereocenters. The molecule has 0 aliphatic rings. The van der Waals surface area contributed by atoms with Gasteiger partial charge in [-0.25, -0.2) is 14.4 Å². The topological polar surface area (TPSA) is 69.6 Å². The summed E-state index contributed by atoms with van der Waals surface area (Å²) in [7, 11) is 0. The number of halogens is 2. The quantitative estimate of drug-likeness (QED) is 0.377. The largest absolute Gasteiger partial charge is 0.383 e. The number of nitrogens with two attached hydrogens (primary N) is 1. The van der Waals surface area contributed by atoms with Gasteiger partial charge in [-0.05, 0) is 60.2 Å². The lowest BCUT2D eigenvalue weighted by molar-refractivity contribution is 0.628. The third-order valence-corrected chi connectivity index (χ3v) is 5.42. The maximum absolute atomic E-state index is 13.4. The van der Waals surface area contributed by atoms with Gasteiger partial charge in [0.05, 0.1) is 17.6 Å². The van der Waals surface area contributed by atoms with Crippen molar-refractivity contribution in [2.75, 3.05) is 5.73 Å². The molecule has 2 aromatic carbocycles. The summed E-state index contributed by atoms with van der Waals surface area (Å²) in [5.41, 5.74) is 12.5. The molecule has 0 aliphatic carbocycles. The average molecular weight is 430 g/mol. The second-order valence-electron chi connectivity index (χ2n) is 7.07. The molecule has 0 unspecified atom stereocenters. The highest BCUT2D eigenvalue weighted by Gasteiger charge is 2.17. The molecule has 5 nitrogen and oxygen atoms in total. The van der Waals surface area contributed by atoms with Gasteiger partial charge in [0.2, 0.25) is 0 Å². The van der Waals surface area contributed by atoms with Crippen LogP contribution >= 0.6 is 11.6 Å². The van der Waals surface area contributed by atoms with Crippen molar-refractivity contribution in [1.29, 1.82) is 0 Å². The van der Waals surface area contributed by atoms with Crippen molar-refractivity contribution in [2.24, 2.45) is 0 Å². The van der Waals surface area contributed by atoms with Gasteiger partial charge in [0, 0.05) is 28.9 Å². The second kappa shape index (κ2) is 7.81. The predicted octanol–water partition coefficient (Wildman–Crippen LogP) is 5.61. The maximum Gasteiger partial charge on any atom is 0.164 e. The lowest BCUT2D eigenvalue weighted by atomic mass is 10.1. The molecule has 5 rings (SSSR count). The van der Waals surface area contributed by atoms with E-state index >= 15 is 0 Å². The van der Waals surface area contributed by atoms with Crippen molar-refractivity contribution in [2.45, 2.75) is 5.88 Å². The van der Waals surface area contributed by atoms with E-state index < -0.39 is 0 Å². The van der Waals surface area contributed by atoms with Crippen LogP contribution in [0.3, 0.4) is 0 Å².